The van der Waals surface area contributed by atoms with Crippen LogP contribution in [0.15, 0.2) is 18.2 Å². The number of aromatic hydroxyl groups is 1. The van der Waals surface area contributed by atoms with E-state index in [0.717, 1.165) is 19.6 Å². The van der Waals surface area contributed by atoms with E-state index in [1.807, 2.05) is 19.1 Å². The molecule has 0 aromatic heterocycles. The Balaban J connectivity index is 2.76. The third-order valence-electron chi connectivity index (χ3n) is 3.37. The van der Waals surface area contributed by atoms with E-state index in [4.69, 9.17) is 4.74 Å². The monoisotopic (exact) mass is 280 g/mol. The average molecular weight is 280 g/mol. The van der Waals surface area contributed by atoms with Crippen LogP contribution in [-0.4, -0.2) is 54.7 Å². The summed E-state index contributed by atoms with van der Waals surface area (Å²) in [6, 6.07) is 6.09. The summed E-state index contributed by atoms with van der Waals surface area (Å²) in [6.45, 7) is 9.80. The number of phenolic OH excluding ortho intramolecular Hbond substituents is 1. The van der Waals surface area contributed by atoms with Gasteiger partial charge in [-0.2, -0.15) is 0 Å². The van der Waals surface area contributed by atoms with E-state index in [-0.39, 0.29) is 5.75 Å². The van der Waals surface area contributed by atoms with Gasteiger partial charge in [-0.3, -0.25) is 4.90 Å². The summed E-state index contributed by atoms with van der Waals surface area (Å²) in [5, 5.41) is 9.74. The van der Waals surface area contributed by atoms with Crippen LogP contribution in [0.2, 0.25) is 0 Å². The predicted molar refractivity (Wildman–Crippen MR) is 83.4 cm³/mol. The number of phenols is 1. The summed E-state index contributed by atoms with van der Waals surface area (Å²) in [5.74, 6) is 0.779. The van der Waals surface area contributed by atoms with Crippen molar-refractivity contribution in [1.82, 2.24) is 9.80 Å². The fraction of sp³-hybridized carbons (Fsp3) is 0.625. The maximum Gasteiger partial charge on any atom is 0.161 e. The largest absolute Gasteiger partial charge is 0.504 e. The molecule has 0 saturated heterocycles. The molecule has 0 aliphatic rings. The van der Waals surface area contributed by atoms with Gasteiger partial charge in [0.05, 0.1) is 6.61 Å². The van der Waals surface area contributed by atoms with Gasteiger partial charge in [-0.1, -0.05) is 13.0 Å². The molecule has 1 atom stereocenters. The Hall–Kier alpha value is -1.26. The predicted octanol–water partition coefficient (Wildman–Crippen LogP) is 2.56. The van der Waals surface area contributed by atoms with Crippen LogP contribution in [0.3, 0.4) is 0 Å². The molecule has 20 heavy (non-hydrogen) atoms. The SMILES string of the molecule is CCOc1cc(CN(CC)C(C)CN(C)C)ccc1O. The Morgan fingerprint density at radius 2 is 1.95 bits per heavy atom. The smallest absolute Gasteiger partial charge is 0.161 e. The molecule has 4 heteroatoms. The van der Waals surface area contributed by atoms with Crippen molar-refractivity contribution >= 4 is 0 Å². The van der Waals surface area contributed by atoms with Gasteiger partial charge in [0, 0.05) is 19.1 Å². The van der Waals surface area contributed by atoms with Crippen LogP contribution >= 0.6 is 0 Å². The highest BCUT2D eigenvalue weighted by Crippen LogP contribution is 2.27. The van der Waals surface area contributed by atoms with Gasteiger partial charge in [0.1, 0.15) is 0 Å². The molecule has 0 spiro atoms. The molecule has 1 N–H and O–H groups in total. The Kier molecular flexibility index (Phi) is 6.82. The first kappa shape index (κ1) is 16.8. The quantitative estimate of drug-likeness (QED) is 0.794. The summed E-state index contributed by atoms with van der Waals surface area (Å²) in [6.07, 6.45) is 0. The number of nitrogens with zero attached hydrogens (tertiary/aromatic N) is 2. The lowest BCUT2D eigenvalue weighted by atomic mass is 10.1. The highest BCUT2D eigenvalue weighted by Gasteiger charge is 2.14. The summed E-state index contributed by atoms with van der Waals surface area (Å²) >= 11 is 0. The van der Waals surface area contributed by atoms with Crippen molar-refractivity contribution in [2.24, 2.45) is 0 Å². The standard InChI is InChI=1S/C16H28N2O2/c1-6-18(13(3)11-17(4)5)12-14-8-9-15(19)16(10-14)20-7-2/h8-10,13,19H,6-7,11-12H2,1-5H3. The molecule has 0 heterocycles. The van der Waals surface area contributed by atoms with Crippen molar-refractivity contribution in [2.75, 3.05) is 33.8 Å². The van der Waals surface area contributed by atoms with Crippen LogP contribution in [0.1, 0.15) is 26.3 Å². The van der Waals surface area contributed by atoms with Gasteiger partial charge < -0.3 is 14.7 Å². The first-order valence-corrected chi connectivity index (χ1v) is 7.31. The Morgan fingerprint density at radius 3 is 2.50 bits per heavy atom. The van der Waals surface area contributed by atoms with E-state index in [2.05, 4.69) is 37.7 Å². The minimum atomic E-state index is 0.208. The van der Waals surface area contributed by atoms with Crippen molar-refractivity contribution in [3.05, 3.63) is 23.8 Å². The summed E-state index contributed by atoms with van der Waals surface area (Å²) in [4.78, 5) is 4.62. The summed E-state index contributed by atoms with van der Waals surface area (Å²) in [7, 11) is 4.19. The van der Waals surface area contributed by atoms with E-state index in [1.54, 1.807) is 6.07 Å². The highest BCUT2D eigenvalue weighted by molar-refractivity contribution is 5.41. The van der Waals surface area contributed by atoms with Crippen LogP contribution in [0.25, 0.3) is 0 Å². The normalized spacial score (nSPS) is 12.9. The van der Waals surface area contributed by atoms with Crippen LogP contribution in [0.4, 0.5) is 0 Å². The molecular formula is C16H28N2O2. The molecule has 0 fully saturated rings. The molecule has 1 unspecified atom stereocenters. The van der Waals surface area contributed by atoms with Gasteiger partial charge in [0.15, 0.2) is 11.5 Å². The molecule has 1 rings (SSSR count). The van der Waals surface area contributed by atoms with Crippen LogP contribution in [0, 0.1) is 0 Å². The van der Waals surface area contributed by atoms with E-state index >= 15 is 0 Å². The van der Waals surface area contributed by atoms with E-state index in [1.165, 1.54) is 5.56 Å². The maximum atomic E-state index is 9.74. The molecule has 0 aliphatic heterocycles. The van der Waals surface area contributed by atoms with Crippen molar-refractivity contribution in [1.29, 1.82) is 0 Å². The number of ether oxygens (including phenoxy) is 1. The molecule has 0 saturated carbocycles. The third-order valence-corrected chi connectivity index (χ3v) is 3.37. The first-order chi connectivity index (χ1) is 9.47. The highest BCUT2D eigenvalue weighted by atomic mass is 16.5. The lowest BCUT2D eigenvalue weighted by Gasteiger charge is -2.30. The molecule has 1 aromatic rings. The Morgan fingerprint density at radius 1 is 1.25 bits per heavy atom. The zero-order valence-corrected chi connectivity index (χ0v) is 13.4. The first-order valence-electron chi connectivity index (χ1n) is 7.31. The molecule has 0 amide bonds. The molecule has 0 aliphatic carbocycles. The number of hydrogen-bond donors (Lipinski definition) is 1. The molecule has 0 bridgehead atoms. The van der Waals surface area contributed by atoms with E-state index in [9.17, 15) is 5.11 Å². The number of benzene rings is 1. The average Bonchev–Trinajstić information content (AvgIpc) is 2.38. The summed E-state index contributed by atoms with van der Waals surface area (Å²) < 4.78 is 5.44. The van der Waals surface area contributed by atoms with Crippen LogP contribution in [0.5, 0.6) is 11.5 Å². The zero-order chi connectivity index (χ0) is 15.1. The fourth-order valence-electron chi connectivity index (χ4n) is 2.39. The molecule has 114 valence electrons. The zero-order valence-electron chi connectivity index (χ0n) is 13.4. The second-order valence-corrected chi connectivity index (χ2v) is 5.41. The van der Waals surface area contributed by atoms with Crippen LogP contribution < -0.4 is 4.74 Å². The van der Waals surface area contributed by atoms with Gasteiger partial charge in [-0.25, -0.2) is 0 Å². The van der Waals surface area contributed by atoms with Gasteiger partial charge >= 0.3 is 0 Å². The van der Waals surface area contributed by atoms with Crippen molar-refractivity contribution in [3.63, 3.8) is 0 Å². The van der Waals surface area contributed by atoms with Crippen molar-refractivity contribution in [3.8, 4) is 11.5 Å². The molecular weight excluding hydrogens is 252 g/mol. The Bertz CT molecular complexity index is 407. The Labute approximate surface area is 123 Å². The fourth-order valence-corrected chi connectivity index (χ4v) is 2.39. The molecule has 0 radical (unpaired) electrons. The third kappa shape index (κ3) is 5.02. The van der Waals surface area contributed by atoms with Crippen molar-refractivity contribution in [2.45, 2.75) is 33.4 Å². The minimum Gasteiger partial charge on any atom is -0.504 e. The number of likely N-dealkylation sites (N-methyl/N-ethyl adjacent to an activating group) is 2. The van der Waals surface area contributed by atoms with Gasteiger partial charge in [-0.15, -0.1) is 0 Å². The van der Waals surface area contributed by atoms with Gasteiger partial charge in [-0.05, 0) is 52.2 Å². The van der Waals surface area contributed by atoms with Crippen LogP contribution in [-0.2, 0) is 6.54 Å². The second-order valence-electron chi connectivity index (χ2n) is 5.41. The maximum absolute atomic E-state index is 9.74. The second kappa shape index (κ2) is 8.12. The molecule has 1 aromatic carbocycles. The van der Waals surface area contributed by atoms with Gasteiger partial charge in [0.25, 0.3) is 0 Å². The van der Waals surface area contributed by atoms with E-state index in [0.29, 0.717) is 18.4 Å². The molecule has 4 nitrogen and oxygen atoms in total. The van der Waals surface area contributed by atoms with E-state index < -0.39 is 0 Å². The number of rotatable bonds is 8. The lowest BCUT2D eigenvalue weighted by Crippen LogP contribution is -2.39. The summed E-state index contributed by atoms with van der Waals surface area (Å²) in [5.41, 5.74) is 1.17. The van der Waals surface area contributed by atoms with Crippen molar-refractivity contribution < 1.29 is 9.84 Å². The topological polar surface area (TPSA) is 35.9 Å². The lowest BCUT2D eigenvalue weighted by molar-refractivity contribution is 0.174. The minimum absolute atomic E-state index is 0.208. The number of hydrogen-bond acceptors (Lipinski definition) is 4. The van der Waals surface area contributed by atoms with Gasteiger partial charge in [0.2, 0.25) is 0 Å².